The van der Waals surface area contributed by atoms with Gasteiger partial charge < -0.3 is 5.32 Å². The second-order valence-corrected chi connectivity index (χ2v) is 6.33. The van der Waals surface area contributed by atoms with Crippen LogP contribution < -0.4 is 5.32 Å². The minimum atomic E-state index is 0.0464. The number of nitrogens with one attached hydrogen (secondary N) is 1. The van der Waals surface area contributed by atoms with Crippen molar-refractivity contribution in [3.05, 3.63) is 35.7 Å². The van der Waals surface area contributed by atoms with Crippen LogP contribution in [-0.2, 0) is 4.79 Å². The lowest BCUT2D eigenvalue weighted by Gasteiger charge is -2.03. The average molecular weight is 314 g/mol. The third-order valence-corrected chi connectivity index (χ3v) is 4.32. The number of carbonyl (C=O) groups is 1. The highest BCUT2D eigenvalue weighted by atomic mass is 32.1. The van der Waals surface area contributed by atoms with Crippen molar-refractivity contribution in [1.82, 2.24) is 14.8 Å². The van der Waals surface area contributed by atoms with Crippen LogP contribution in [0.15, 0.2) is 24.3 Å². The number of aromatic nitrogens is 3. The van der Waals surface area contributed by atoms with Gasteiger partial charge in [-0.15, -0.1) is 0 Å². The van der Waals surface area contributed by atoms with Crippen molar-refractivity contribution in [3.63, 3.8) is 0 Å². The van der Waals surface area contributed by atoms with E-state index in [0.29, 0.717) is 6.42 Å². The minimum absolute atomic E-state index is 0.0464. The molecular weight excluding hydrogens is 296 g/mol. The van der Waals surface area contributed by atoms with Gasteiger partial charge in [-0.3, -0.25) is 4.79 Å². The molecule has 0 radical (unpaired) electrons. The van der Waals surface area contributed by atoms with Crippen LogP contribution >= 0.6 is 11.3 Å². The Labute approximate surface area is 133 Å². The Morgan fingerprint density at radius 2 is 2.14 bits per heavy atom. The van der Waals surface area contributed by atoms with E-state index in [2.05, 4.69) is 15.4 Å². The second-order valence-electron chi connectivity index (χ2n) is 5.32. The largest absolute Gasteiger partial charge is 0.326 e. The molecule has 1 N–H and O–H groups in total. The van der Waals surface area contributed by atoms with Crippen molar-refractivity contribution in [1.29, 1.82) is 0 Å². The summed E-state index contributed by atoms with van der Waals surface area (Å²) in [4.78, 5) is 16.3. The first-order valence-corrected chi connectivity index (χ1v) is 8.12. The van der Waals surface area contributed by atoms with E-state index in [1.54, 1.807) is 11.3 Å². The van der Waals surface area contributed by atoms with Gasteiger partial charge in [-0.05, 0) is 44.5 Å². The molecule has 2 aromatic heterocycles. The number of benzene rings is 1. The lowest BCUT2D eigenvalue weighted by Crippen LogP contribution is -2.10. The molecule has 1 aromatic carbocycles. The summed E-state index contributed by atoms with van der Waals surface area (Å²) in [6.07, 6.45) is 1.38. The van der Waals surface area contributed by atoms with Gasteiger partial charge in [0.15, 0.2) is 0 Å². The van der Waals surface area contributed by atoms with Crippen molar-refractivity contribution in [3.8, 4) is 5.13 Å². The zero-order chi connectivity index (χ0) is 15.7. The van der Waals surface area contributed by atoms with Gasteiger partial charge in [0.05, 0.1) is 15.9 Å². The topological polar surface area (TPSA) is 59.8 Å². The zero-order valence-corrected chi connectivity index (χ0v) is 13.7. The fourth-order valence-corrected chi connectivity index (χ4v) is 3.37. The summed E-state index contributed by atoms with van der Waals surface area (Å²) >= 11 is 1.57. The van der Waals surface area contributed by atoms with Crippen LogP contribution in [0.25, 0.3) is 15.3 Å². The Hall–Kier alpha value is -2.21. The minimum Gasteiger partial charge on any atom is -0.326 e. The fraction of sp³-hybridized carbons (Fsp3) is 0.312. The van der Waals surface area contributed by atoms with E-state index in [4.69, 9.17) is 0 Å². The van der Waals surface area contributed by atoms with Crippen LogP contribution in [0, 0.1) is 13.8 Å². The maximum absolute atomic E-state index is 11.7. The highest BCUT2D eigenvalue weighted by molar-refractivity contribution is 7.20. The standard InChI is InChI=1S/C16H18N4OS/c1-4-5-15(21)17-12-6-7-13-14(9-12)22-16(18-13)20-11(3)8-10(2)19-20/h6-9H,4-5H2,1-3H3,(H,17,21). The lowest BCUT2D eigenvalue weighted by molar-refractivity contribution is -0.116. The number of amides is 1. The van der Waals surface area contributed by atoms with Crippen molar-refractivity contribution < 1.29 is 4.79 Å². The fourth-order valence-electron chi connectivity index (χ4n) is 2.35. The molecule has 0 fully saturated rings. The molecule has 0 bridgehead atoms. The van der Waals surface area contributed by atoms with Crippen LogP contribution in [0.1, 0.15) is 31.2 Å². The molecule has 0 aliphatic rings. The molecule has 2 heterocycles. The Bertz CT molecular complexity index is 834. The van der Waals surface area contributed by atoms with Gasteiger partial charge in [-0.2, -0.15) is 5.10 Å². The molecule has 0 saturated heterocycles. The summed E-state index contributed by atoms with van der Waals surface area (Å²) in [6.45, 7) is 5.98. The summed E-state index contributed by atoms with van der Waals surface area (Å²) in [7, 11) is 0. The van der Waals surface area contributed by atoms with Gasteiger partial charge in [0.25, 0.3) is 0 Å². The number of aryl methyl sites for hydroxylation is 2. The molecule has 0 spiro atoms. The zero-order valence-electron chi connectivity index (χ0n) is 12.9. The van der Waals surface area contributed by atoms with Crippen molar-refractivity contribution in [2.45, 2.75) is 33.6 Å². The van der Waals surface area contributed by atoms with Crippen LogP contribution in [-0.4, -0.2) is 20.7 Å². The predicted octanol–water partition coefficient (Wildman–Crippen LogP) is 3.84. The molecule has 0 aliphatic carbocycles. The Morgan fingerprint density at radius 3 is 2.82 bits per heavy atom. The number of rotatable bonds is 4. The molecular formula is C16H18N4OS. The molecule has 3 rings (SSSR count). The van der Waals surface area contributed by atoms with E-state index in [1.165, 1.54) is 0 Å². The van der Waals surface area contributed by atoms with Gasteiger partial charge >= 0.3 is 0 Å². The quantitative estimate of drug-likeness (QED) is 0.796. The number of carbonyl (C=O) groups excluding carboxylic acids is 1. The number of nitrogens with zero attached hydrogens (tertiary/aromatic N) is 3. The molecule has 0 unspecified atom stereocenters. The number of hydrogen-bond acceptors (Lipinski definition) is 4. The number of anilines is 1. The SMILES string of the molecule is CCCC(=O)Nc1ccc2nc(-n3nc(C)cc3C)sc2c1. The number of thiazole rings is 1. The van der Waals surface area contributed by atoms with Crippen LogP contribution in [0.4, 0.5) is 5.69 Å². The smallest absolute Gasteiger partial charge is 0.224 e. The number of hydrogen-bond donors (Lipinski definition) is 1. The monoisotopic (exact) mass is 314 g/mol. The Morgan fingerprint density at radius 1 is 1.32 bits per heavy atom. The maximum Gasteiger partial charge on any atom is 0.224 e. The third-order valence-electron chi connectivity index (χ3n) is 3.33. The van der Waals surface area contributed by atoms with Gasteiger partial charge in [0.1, 0.15) is 0 Å². The normalized spacial score (nSPS) is 11.0. The highest BCUT2D eigenvalue weighted by Gasteiger charge is 2.10. The van der Waals surface area contributed by atoms with Gasteiger partial charge in [-0.1, -0.05) is 18.3 Å². The molecule has 6 heteroatoms. The summed E-state index contributed by atoms with van der Waals surface area (Å²) in [5.74, 6) is 0.0464. The first-order valence-electron chi connectivity index (χ1n) is 7.31. The van der Waals surface area contributed by atoms with E-state index in [9.17, 15) is 4.79 Å². The highest BCUT2D eigenvalue weighted by Crippen LogP contribution is 2.28. The average Bonchev–Trinajstić information content (AvgIpc) is 3.01. The summed E-state index contributed by atoms with van der Waals surface area (Å²) in [5.41, 5.74) is 3.77. The van der Waals surface area contributed by atoms with Crippen molar-refractivity contribution in [2.24, 2.45) is 0 Å². The van der Waals surface area contributed by atoms with Crippen molar-refractivity contribution in [2.75, 3.05) is 5.32 Å². The summed E-state index contributed by atoms with van der Waals surface area (Å²) in [6, 6.07) is 7.82. The van der Waals surface area contributed by atoms with Gasteiger partial charge in [0, 0.05) is 17.8 Å². The first kappa shape index (κ1) is 14.7. The number of fused-ring (bicyclic) bond motifs is 1. The molecule has 0 saturated carbocycles. The molecule has 114 valence electrons. The Balaban J connectivity index is 1.93. The maximum atomic E-state index is 11.7. The van der Waals surface area contributed by atoms with E-state index < -0.39 is 0 Å². The first-order chi connectivity index (χ1) is 10.6. The molecule has 22 heavy (non-hydrogen) atoms. The van der Waals surface area contributed by atoms with Gasteiger partial charge in [-0.25, -0.2) is 9.67 Å². The Kier molecular flexibility index (Phi) is 3.94. The summed E-state index contributed by atoms with van der Waals surface area (Å²) < 4.78 is 2.90. The van der Waals surface area contributed by atoms with E-state index >= 15 is 0 Å². The van der Waals surface area contributed by atoms with Crippen LogP contribution in [0.3, 0.4) is 0 Å². The predicted molar refractivity (Wildman–Crippen MR) is 89.8 cm³/mol. The molecule has 1 amide bonds. The second kappa shape index (κ2) is 5.88. The molecule has 0 aliphatic heterocycles. The molecule has 3 aromatic rings. The van der Waals surface area contributed by atoms with E-state index in [-0.39, 0.29) is 5.91 Å². The molecule has 5 nitrogen and oxygen atoms in total. The lowest BCUT2D eigenvalue weighted by atomic mass is 10.2. The van der Waals surface area contributed by atoms with Crippen molar-refractivity contribution >= 4 is 33.1 Å². The third kappa shape index (κ3) is 2.87. The van der Waals surface area contributed by atoms with Crippen LogP contribution in [0.5, 0.6) is 0 Å². The summed E-state index contributed by atoms with van der Waals surface area (Å²) in [5, 5.41) is 8.23. The van der Waals surface area contributed by atoms with Crippen LogP contribution in [0.2, 0.25) is 0 Å². The van der Waals surface area contributed by atoms with E-state index in [0.717, 1.165) is 38.8 Å². The van der Waals surface area contributed by atoms with Gasteiger partial charge in [0.2, 0.25) is 11.0 Å². The van der Waals surface area contributed by atoms with E-state index in [1.807, 2.05) is 49.7 Å². The molecule has 0 atom stereocenters.